The van der Waals surface area contributed by atoms with Crippen LogP contribution in [0, 0.1) is 0 Å². The Morgan fingerprint density at radius 1 is 1.19 bits per heavy atom. The van der Waals surface area contributed by atoms with Crippen molar-refractivity contribution in [2.75, 3.05) is 25.4 Å². The highest BCUT2D eigenvalue weighted by atomic mass is 35.5. The van der Waals surface area contributed by atoms with Gasteiger partial charge in [0.1, 0.15) is 16.7 Å². The molecular formula is C23H27Cl2N3O6S3. The maximum absolute atomic E-state index is 12.6. The van der Waals surface area contributed by atoms with Gasteiger partial charge in [0.25, 0.3) is 16.0 Å². The van der Waals surface area contributed by atoms with Crippen molar-refractivity contribution in [2.45, 2.75) is 38.8 Å². The summed E-state index contributed by atoms with van der Waals surface area (Å²) in [6.07, 6.45) is 10.0. The molecule has 2 N–H and O–H groups in total. The van der Waals surface area contributed by atoms with Crippen LogP contribution in [0.3, 0.4) is 0 Å². The molecule has 2 saturated heterocycles. The first kappa shape index (κ1) is 29.7. The van der Waals surface area contributed by atoms with E-state index in [1.807, 2.05) is 38.2 Å². The zero-order valence-corrected chi connectivity index (χ0v) is 24.1. The lowest BCUT2D eigenvalue weighted by Gasteiger charge is -2.27. The van der Waals surface area contributed by atoms with Gasteiger partial charge in [-0.3, -0.25) is 19.0 Å². The Labute approximate surface area is 235 Å². The van der Waals surface area contributed by atoms with Crippen molar-refractivity contribution in [1.82, 2.24) is 14.7 Å². The minimum absolute atomic E-state index is 0.0752. The number of hydrogen-bond donors (Lipinski definition) is 2. The van der Waals surface area contributed by atoms with Gasteiger partial charge in [0.2, 0.25) is 0 Å². The number of aliphatic carboxylic acids is 1. The second-order valence-corrected chi connectivity index (χ2v) is 12.6. The van der Waals surface area contributed by atoms with Crippen molar-refractivity contribution in [2.24, 2.45) is 0 Å². The first-order valence-corrected chi connectivity index (χ1v) is 15.0. The van der Waals surface area contributed by atoms with Crippen LogP contribution in [0.15, 0.2) is 56.7 Å². The van der Waals surface area contributed by atoms with Crippen molar-refractivity contribution >= 4 is 73.5 Å². The monoisotopic (exact) mass is 607 g/mol. The molecule has 202 valence electrons. The predicted molar refractivity (Wildman–Crippen MR) is 150 cm³/mol. The number of thiocarbonyl (C=S) groups is 1. The molecule has 0 aromatic heterocycles. The third kappa shape index (κ3) is 7.39. The van der Waals surface area contributed by atoms with Crippen LogP contribution in [0.4, 0.5) is 0 Å². The highest BCUT2D eigenvalue weighted by Crippen LogP contribution is 2.39. The molecule has 0 spiro atoms. The van der Waals surface area contributed by atoms with Crippen LogP contribution in [0.5, 0.6) is 0 Å². The largest absolute Gasteiger partial charge is 0.480 e. The molecule has 2 heterocycles. The summed E-state index contributed by atoms with van der Waals surface area (Å²) in [4.78, 5) is 29.3. The summed E-state index contributed by atoms with van der Waals surface area (Å²) in [6, 6.07) is -0.193. The number of carbonyl (C=O) groups is 2. The molecule has 0 saturated carbocycles. The molecule has 0 aromatic rings. The number of carboxylic acids is 1. The maximum atomic E-state index is 12.6. The van der Waals surface area contributed by atoms with E-state index in [0.29, 0.717) is 40.9 Å². The molecule has 2 fully saturated rings. The molecular weight excluding hydrogens is 581 g/mol. The van der Waals surface area contributed by atoms with Gasteiger partial charge < -0.3 is 14.9 Å². The molecule has 37 heavy (non-hydrogen) atoms. The molecule has 2 aliphatic heterocycles. The van der Waals surface area contributed by atoms with E-state index in [4.69, 9.17) is 45.1 Å². The van der Waals surface area contributed by atoms with E-state index < -0.39 is 28.5 Å². The zero-order chi connectivity index (χ0) is 27.5. The summed E-state index contributed by atoms with van der Waals surface area (Å²) in [7, 11) is -4.03. The van der Waals surface area contributed by atoms with Crippen molar-refractivity contribution in [1.29, 1.82) is 0 Å². The molecule has 3 rings (SSSR count). The van der Waals surface area contributed by atoms with Crippen LogP contribution < -0.4 is 0 Å². The summed E-state index contributed by atoms with van der Waals surface area (Å²) in [5.41, 5.74) is 0.753. The van der Waals surface area contributed by atoms with Crippen LogP contribution >= 0.6 is 47.2 Å². The standard InChI is InChI=1S/C23H27Cl2N3O6S3/c1-3-26-17-11-15(24)16(25)12-18(17)27(8-4-5-9-37(32,33)34)20(26)7-6-14(2)10-19-22(31)28(13-21(29)30)23(35)36-19/h6-7,10-12,17-18H,3-5,8-9,13H2,1-2H3,(H,29,30)(H,32,33,34). The van der Waals surface area contributed by atoms with Crippen molar-refractivity contribution in [3.8, 4) is 0 Å². The van der Waals surface area contributed by atoms with Crippen molar-refractivity contribution in [3.63, 3.8) is 0 Å². The van der Waals surface area contributed by atoms with Crippen LogP contribution in [-0.2, 0) is 19.7 Å². The van der Waals surface area contributed by atoms with Gasteiger partial charge in [0.05, 0.1) is 32.8 Å². The number of likely N-dealkylation sites (N-methyl/N-ethyl adjacent to an activating group) is 1. The molecule has 1 amide bonds. The van der Waals surface area contributed by atoms with Gasteiger partial charge in [-0.05, 0) is 56.6 Å². The Balaban J connectivity index is 1.88. The molecule has 0 aromatic carbocycles. The van der Waals surface area contributed by atoms with Crippen molar-refractivity contribution < 1.29 is 27.7 Å². The number of unbranched alkanes of at least 4 members (excludes halogenated alkanes) is 1. The zero-order valence-electron chi connectivity index (χ0n) is 20.1. The van der Waals surface area contributed by atoms with E-state index in [1.165, 1.54) is 0 Å². The summed E-state index contributed by atoms with van der Waals surface area (Å²) in [5, 5.41) is 9.92. The van der Waals surface area contributed by atoms with Crippen LogP contribution in [0.1, 0.15) is 26.7 Å². The predicted octanol–water partition coefficient (Wildman–Crippen LogP) is 3.90. The smallest absolute Gasteiger partial charge is 0.323 e. The second kappa shape index (κ2) is 12.4. The molecule has 1 aliphatic carbocycles. The SMILES string of the molecule is CCN1C(=CC=C(C)C=C2SC(=S)N(CC(=O)O)C2=O)N(CCCCS(=O)(=O)O)C2C=C(Cl)C(Cl)=CC21. The van der Waals surface area contributed by atoms with E-state index in [9.17, 15) is 18.0 Å². The Morgan fingerprint density at radius 3 is 2.38 bits per heavy atom. The highest BCUT2D eigenvalue weighted by molar-refractivity contribution is 8.26. The lowest BCUT2D eigenvalue weighted by Crippen LogP contribution is -2.36. The number of fused-ring (bicyclic) bond motifs is 1. The van der Waals surface area contributed by atoms with Crippen LogP contribution in [0.2, 0.25) is 0 Å². The minimum Gasteiger partial charge on any atom is -0.480 e. The first-order chi connectivity index (χ1) is 17.3. The average Bonchev–Trinajstić information content (AvgIpc) is 3.22. The summed E-state index contributed by atoms with van der Waals surface area (Å²) in [6.45, 7) is 4.54. The lowest BCUT2D eigenvalue weighted by molar-refractivity contribution is -0.140. The number of halogens is 2. The minimum atomic E-state index is -4.03. The van der Waals surface area contributed by atoms with Gasteiger partial charge in [0, 0.05) is 13.1 Å². The number of hydrogen-bond acceptors (Lipinski definition) is 8. The van der Waals surface area contributed by atoms with Crippen LogP contribution in [-0.4, -0.2) is 86.4 Å². The third-order valence-corrected chi connectivity index (χ3v) is 8.87. The van der Waals surface area contributed by atoms with E-state index in [2.05, 4.69) is 9.80 Å². The average molecular weight is 609 g/mol. The Bertz CT molecular complexity index is 1240. The Kier molecular flexibility index (Phi) is 9.92. The fourth-order valence-corrected chi connectivity index (χ4v) is 6.56. The molecule has 3 aliphatic rings. The number of carboxylic acid groups (broad SMARTS) is 1. The Hall–Kier alpha value is -1.83. The molecule has 14 heteroatoms. The Morgan fingerprint density at radius 2 is 1.81 bits per heavy atom. The summed E-state index contributed by atoms with van der Waals surface area (Å²) >= 11 is 18.9. The fraction of sp³-hybridized carbons (Fsp3) is 0.435. The van der Waals surface area contributed by atoms with Gasteiger partial charge in [-0.2, -0.15) is 8.42 Å². The number of allylic oxidation sites excluding steroid dienone is 6. The first-order valence-electron chi connectivity index (χ1n) is 11.4. The van der Waals surface area contributed by atoms with Gasteiger partial charge in [0.15, 0.2) is 0 Å². The van der Waals surface area contributed by atoms with E-state index in [1.54, 1.807) is 6.08 Å². The third-order valence-electron chi connectivity index (χ3n) is 5.93. The molecule has 0 radical (unpaired) electrons. The maximum Gasteiger partial charge on any atom is 0.323 e. The summed E-state index contributed by atoms with van der Waals surface area (Å²) in [5.74, 6) is -1.03. The number of thioether (sulfide) groups is 1. The molecule has 2 unspecified atom stereocenters. The summed E-state index contributed by atoms with van der Waals surface area (Å²) < 4.78 is 31.5. The number of amides is 1. The number of carbonyl (C=O) groups excluding carboxylic acids is 1. The van der Waals surface area contributed by atoms with E-state index in [-0.39, 0.29) is 22.2 Å². The van der Waals surface area contributed by atoms with Crippen molar-refractivity contribution in [3.05, 3.63) is 56.7 Å². The second-order valence-electron chi connectivity index (χ2n) is 8.58. The van der Waals surface area contributed by atoms with Gasteiger partial charge in [-0.15, -0.1) is 0 Å². The molecule has 2 atom stereocenters. The topological polar surface area (TPSA) is 118 Å². The van der Waals surface area contributed by atoms with Gasteiger partial charge >= 0.3 is 5.97 Å². The molecule has 0 bridgehead atoms. The fourth-order valence-electron chi connectivity index (χ4n) is 4.30. The van der Waals surface area contributed by atoms with Crippen LogP contribution in [0.25, 0.3) is 0 Å². The lowest BCUT2D eigenvalue weighted by atomic mass is 10.0. The van der Waals surface area contributed by atoms with E-state index in [0.717, 1.165) is 28.1 Å². The van der Waals surface area contributed by atoms with Gasteiger partial charge in [-0.25, -0.2) is 0 Å². The molecule has 9 nitrogen and oxygen atoms in total. The quantitative estimate of drug-likeness (QED) is 0.164. The highest BCUT2D eigenvalue weighted by Gasteiger charge is 2.41. The number of rotatable bonds is 10. The normalized spacial score (nSPS) is 24.8. The van der Waals surface area contributed by atoms with E-state index >= 15 is 0 Å². The number of nitrogens with zero attached hydrogens (tertiary/aromatic N) is 3. The van der Waals surface area contributed by atoms with Gasteiger partial charge in [-0.1, -0.05) is 53.3 Å².